The molecule has 0 fully saturated rings. The molecule has 0 spiro atoms. The largest absolute Gasteiger partial charge is 0.358 e. The molecular weight excluding hydrogens is 150 g/mol. The third-order valence-corrected chi connectivity index (χ3v) is 1.96. The van der Waals surface area contributed by atoms with Gasteiger partial charge in [0.2, 0.25) is 0 Å². The molecule has 1 heterocycles. The fraction of sp³-hybridized carbons (Fsp3) is 0.200. The Bertz CT molecular complexity index is 345. The Morgan fingerprint density at radius 3 is 2.83 bits per heavy atom. The number of rotatable bonds is 2. The number of nitrogens with one attached hydrogen (secondary N) is 1. The summed E-state index contributed by atoms with van der Waals surface area (Å²) in [6, 6.07) is 10.1. The number of aromatic amines is 1. The molecule has 0 aliphatic carbocycles. The fourth-order valence-corrected chi connectivity index (χ4v) is 1.38. The van der Waals surface area contributed by atoms with Gasteiger partial charge in [-0.3, -0.25) is 0 Å². The Labute approximate surface area is 70.8 Å². The lowest BCUT2D eigenvalue weighted by molar-refractivity contribution is 0.196. The predicted molar refractivity (Wildman–Crippen MR) is 47.6 cm³/mol. The smallest absolute Gasteiger partial charge is 0.0876 e. The van der Waals surface area contributed by atoms with Crippen molar-refractivity contribution >= 4 is 10.9 Å². The van der Waals surface area contributed by atoms with Gasteiger partial charge in [-0.25, -0.2) is 5.11 Å². The summed E-state index contributed by atoms with van der Waals surface area (Å²) in [6.07, 6.45) is 0.592. The molecule has 2 rings (SSSR count). The molecule has 0 aliphatic rings. The van der Waals surface area contributed by atoms with Gasteiger partial charge in [0.05, 0.1) is 6.61 Å². The van der Waals surface area contributed by atoms with Crippen LogP contribution < -0.4 is 0 Å². The Morgan fingerprint density at radius 1 is 1.25 bits per heavy atom. The van der Waals surface area contributed by atoms with Gasteiger partial charge in [-0.2, -0.15) is 0 Å². The lowest BCUT2D eigenvalue weighted by Crippen LogP contribution is -1.87. The van der Waals surface area contributed by atoms with E-state index in [0.29, 0.717) is 6.42 Å². The average molecular weight is 160 g/mol. The van der Waals surface area contributed by atoms with Gasteiger partial charge in [-0.1, -0.05) is 18.2 Å². The Balaban J connectivity index is 2.47. The van der Waals surface area contributed by atoms with E-state index in [1.54, 1.807) is 0 Å². The Morgan fingerprint density at radius 2 is 2.08 bits per heavy atom. The zero-order valence-electron chi connectivity index (χ0n) is 6.71. The maximum absolute atomic E-state index is 10.4. The predicted octanol–water partition coefficient (Wildman–Crippen LogP) is 2.14. The van der Waals surface area contributed by atoms with Crippen LogP contribution in [0.1, 0.15) is 5.69 Å². The van der Waals surface area contributed by atoms with Crippen molar-refractivity contribution in [1.29, 1.82) is 0 Å². The van der Waals surface area contributed by atoms with Gasteiger partial charge in [-0.05, 0) is 17.5 Å². The maximum Gasteiger partial charge on any atom is 0.0876 e. The third-order valence-electron chi connectivity index (χ3n) is 1.96. The van der Waals surface area contributed by atoms with Crippen molar-refractivity contribution in [3.63, 3.8) is 0 Å². The van der Waals surface area contributed by atoms with E-state index in [1.165, 1.54) is 5.39 Å². The van der Waals surface area contributed by atoms with Gasteiger partial charge >= 0.3 is 0 Å². The topological polar surface area (TPSA) is 35.7 Å². The zero-order chi connectivity index (χ0) is 8.39. The molecule has 2 nitrogen and oxygen atoms in total. The van der Waals surface area contributed by atoms with Crippen LogP contribution in [0.5, 0.6) is 0 Å². The van der Waals surface area contributed by atoms with E-state index in [9.17, 15) is 5.11 Å². The number of benzene rings is 1. The SMILES string of the molecule is [O]CCc1cc2ccccc2[nH]1. The Kier molecular flexibility index (Phi) is 1.84. The van der Waals surface area contributed by atoms with Crippen LogP contribution >= 0.6 is 0 Å². The molecule has 12 heavy (non-hydrogen) atoms. The molecule has 0 saturated heterocycles. The number of H-pyrrole nitrogens is 1. The van der Waals surface area contributed by atoms with Gasteiger partial charge in [0, 0.05) is 17.6 Å². The lowest BCUT2D eigenvalue weighted by Gasteiger charge is -1.87. The van der Waals surface area contributed by atoms with Crippen molar-refractivity contribution in [3.05, 3.63) is 36.0 Å². The van der Waals surface area contributed by atoms with Crippen molar-refractivity contribution in [2.45, 2.75) is 6.42 Å². The second-order valence-corrected chi connectivity index (χ2v) is 2.84. The van der Waals surface area contributed by atoms with Crippen LogP contribution in [-0.2, 0) is 11.5 Å². The van der Waals surface area contributed by atoms with Crippen LogP contribution in [0.4, 0.5) is 0 Å². The minimum absolute atomic E-state index is 0.0488. The molecule has 1 aromatic carbocycles. The highest BCUT2D eigenvalue weighted by atomic mass is 16.3. The first kappa shape index (κ1) is 7.37. The van der Waals surface area contributed by atoms with Crippen molar-refractivity contribution in [2.75, 3.05) is 6.61 Å². The highest BCUT2D eigenvalue weighted by Crippen LogP contribution is 2.14. The number of aromatic nitrogens is 1. The summed E-state index contributed by atoms with van der Waals surface area (Å²) < 4.78 is 0. The van der Waals surface area contributed by atoms with E-state index in [2.05, 4.69) is 4.98 Å². The third kappa shape index (κ3) is 1.21. The van der Waals surface area contributed by atoms with Gasteiger partial charge in [-0.15, -0.1) is 0 Å². The van der Waals surface area contributed by atoms with E-state index in [-0.39, 0.29) is 6.61 Å². The average Bonchev–Trinajstić information content (AvgIpc) is 2.47. The van der Waals surface area contributed by atoms with E-state index >= 15 is 0 Å². The number of fused-ring (bicyclic) bond motifs is 1. The van der Waals surface area contributed by atoms with Crippen LogP contribution in [0.15, 0.2) is 30.3 Å². The molecule has 61 valence electrons. The Hall–Kier alpha value is -1.28. The quantitative estimate of drug-likeness (QED) is 0.698. The summed E-state index contributed by atoms with van der Waals surface area (Å²) in [5.41, 5.74) is 2.15. The molecule has 2 aromatic rings. The maximum atomic E-state index is 10.4. The molecule has 0 atom stereocenters. The van der Waals surface area contributed by atoms with E-state index in [1.807, 2.05) is 30.3 Å². The standard InChI is InChI=1S/C10H10NO/c12-6-5-9-7-8-3-1-2-4-10(8)11-9/h1-4,7,11H,5-6H2. The summed E-state index contributed by atoms with van der Waals surface area (Å²) in [4.78, 5) is 3.20. The molecule has 2 heteroatoms. The van der Waals surface area contributed by atoms with Gasteiger partial charge < -0.3 is 4.98 Å². The molecule has 1 N–H and O–H groups in total. The summed E-state index contributed by atoms with van der Waals surface area (Å²) in [6.45, 7) is -0.0488. The summed E-state index contributed by atoms with van der Waals surface area (Å²) in [7, 11) is 0. The van der Waals surface area contributed by atoms with Crippen LogP contribution in [0, 0.1) is 0 Å². The van der Waals surface area contributed by atoms with Crippen molar-refractivity contribution in [3.8, 4) is 0 Å². The summed E-state index contributed by atoms with van der Waals surface area (Å²) in [5.74, 6) is 0. The minimum Gasteiger partial charge on any atom is -0.358 e. The second-order valence-electron chi connectivity index (χ2n) is 2.84. The van der Waals surface area contributed by atoms with Crippen molar-refractivity contribution in [1.82, 2.24) is 4.98 Å². The lowest BCUT2D eigenvalue weighted by atomic mass is 10.2. The van der Waals surface area contributed by atoms with Gasteiger partial charge in [0.15, 0.2) is 0 Å². The highest BCUT2D eigenvalue weighted by Gasteiger charge is 1.97. The first-order valence-corrected chi connectivity index (χ1v) is 4.05. The minimum atomic E-state index is -0.0488. The second kappa shape index (κ2) is 2.99. The van der Waals surface area contributed by atoms with Crippen LogP contribution in [0.3, 0.4) is 0 Å². The number of hydrogen-bond acceptors (Lipinski definition) is 0. The molecule has 0 amide bonds. The molecule has 1 radical (unpaired) electrons. The van der Waals surface area contributed by atoms with Crippen LogP contribution in [-0.4, -0.2) is 11.6 Å². The van der Waals surface area contributed by atoms with Crippen LogP contribution in [0.2, 0.25) is 0 Å². The van der Waals surface area contributed by atoms with E-state index in [4.69, 9.17) is 0 Å². The van der Waals surface area contributed by atoms with Crippen molar-refractivity contribution < 1.29 is 5.11 Å². The molecule has 0 saturated carbocycles. The molecule has 0 bridgehead atoms. The van der Waals surface area contributed by atoms with Crippen LogP contribution in [0.25, 0.3) is 10.9 Å². The molecule has 0 aliphatic heterocycles. The number of para-hydroxylation sites is 1. The first-order valence-electron chi connectivity index (χ1n) is 4.05. The zero-order valence-corrected chi connectivity index (χ0v) is 6.71. The monoisotopic (exact) mass is 160 g/mol. The molecule has 1 aromatic heterocycles. The fourth-order valence-electron chi connectivity index (χ4n) is 1.38. The molecular formula is C10H10NO. The van der Waals surface area contributed by atoms with Crippen molar-refractivity contribution in [2.24, 2.45) is 0 Å². The first-order chi connectivity index (χ1) is 5.90. The summed E-state index contributed by atoms with van der Waals surface area (Å²) >= 11 is 0. The normalized spacial score (nSPS) is 10.8. The summed E-state index contributed by atoms with van der Waals surface area (Å²) in [5, 5.41) is 11.5. The van der Waals surface area contributed by atoms with E-state index in [0.717, 1.165) is 11.2 Å². The highest BCUT2D eigenvalue weighted by molar-refractivity contribution is 5.80. The van der Waals surface area contributed by atoms with E-state index < -0.39 is 0 Å². The number of hydrogen-bond donors (Lipinski definition) is 1. The van der Waals surface area contributed by atoms with Gasteiger partial charge in [0.1, 0.15) is 0 Å². The van der Waals surface area contributed by atoms with Gasteiger partial charge in [0.25, 0.3) is 0 Å². The molecule has 0 unspecified atom stereocenters.